The van der Waals surface area contributed by atoms with Crippen LogP contribution in [-0.4, -0.2) is 49.4 Å². The van der Waals surface area contributed by atoms with Crippen LogP contribution in [0, 0.1) is 5.41 Å². The molecule has 0 radical (unpaired) electrons. The van der Waals surface area contributed by atoms with Gasteiger partial charge in [-0.2, -0.15) is 0 Å². The van der Waals surface area contributed by atoms with Gasteiger partial charge in [0, 0.05) is 26.1 Å². The number of carbonyl (C=O) groups is 2. The Morgan fingerprint density at radius 1 is 1.28 bits per heavy atom. The second-order valence-electron chi connectivity index (χ2n) is 5.28. The highest BCUT2D eigenvalue weighted by Crippen LogP contribution is 2.34. The Kier molecular flexibility index (Phi) is 4.22. The largest absolute Gasteiger partial charge is 0.354 e. The van der Waals surface area contributed by atoms with E-state index in [1.807, 2.05) is 4.90 Å². The molecule has 0 atom stereocenters. The smallest absolute Gasteiger partial charge is 0.228 e. The summed E-state index contributed by atoms with van der Waals surface area (Å²) in [5.41, 5.74) is -0.196. The van der Waals surface area contributed by atoms with Gasteiger partial charge in [0.05, 0.1) is 5.41 Å². The standard InChI is InChI=1S/C13H23N3O2/c1-2-13(4-6-14-7-5-13)12(18)16-9-3-11(17)15-8-10-16/h14H,2-10H2,1H3,(H,15,17). The number of piperidine rings is 1. The van der Waals surface area contributed by atoms with Crippen LogP contribution in [0.1, 0.15) is 32.6 Å². The molecule has 5 nitrogen and oxygen atoms in total. The van der Waals surface area contributed by atoms with Crippen LogP contribution in [0.4, 0.5) is 0 Å². The maximum Gasteiger partial charge on any atom is 0.228 e. The first-order valence-electron chi connectivity index (χ1n) is 6.95. The quantitative estimate of drug-likeness (QED) is 0.734. The highest BCUT2D eigenvalue weighted by molar-refractivity contribution is 5.84. The summed E-state index contributed by atoms with van der Waals surface area (Å²) in [4.78, 5) is 25.9. The zero-order chi connectivity index (χ0) is 13.0. The molecule has 2 heterocycles. The average molecular weight is 253 g/mol. The molecule has 0 spiro atoms. The molecule has 2 aliphatic heterocycles. The maximum absolute atomic E-state index is 12.7. The molecule has 102 valence electrons. The highest BCUT2D eigenvalue weighted by Gasteiger charge is 2.40. The summed E-state index contributed by atoms with van der Waals surface area (Å²) < 4.78 is 0. The van der Waals surface area contributed by atoms with Gasteiger partial charge in [-0.05, 0) is 32.4 Å². The lowest BCUT2D eigenvalue weighted by atomic mass is 9.75. The first-order valence-corrected chi connectivity index (χ1v) is 6.95. The molecule has 0 aromatic heterocycles. The summed E-state index contributed by atoms with van der Waals surface area (Å²) in [5, 5.41) is 6.13. The minimum absolute atomic E-state index is 0.0566. The molecule has 2 aliphatic rings. The number of hydrogen-bond donors (Lipinski definition) is 2. The maximum atomic E-state index is 12.7. The van der Waals surface area contributed by atoms with Gasteiger partial charge in [0.2, 0.25) is 11.8 Å². The Bertz CT molecular complexity index is 324. The molecular weight excluding hydrogens is 230 g/mol. The van der Waals surface area contributed by atoms with Crippen molar-refractivity contribution in [3.63, 3.8) is 0 Å². The molecule has 18 heavy (non-hydrogen) atoms. The van der Waals surface area contributed by atoms with Crippen LogP contribution < -0.4 is 10.6 Å². The Hall–Kier alpha value is -1.10. The van der Waals surface area contributed by atoms with E-state index in [0.29, 0.717) is 26.1 Å². The molecule has 2 saturated heterocycles. The summed E-state index contributed by atoms with van der Waals surface area (Å²) in [6.07, 6.45) is 3.16. The third-order valence-corrected chi connectivity index (χ3v) is 4.29. The van der Waals surface area contributed by atoms with Crippen molar-refractivity contribution >= 4 is 11.8 Å². The first kappa shape index (κ1) is 13.3. The number of rotatable bonds is 2. The van der Waals surface area contributed by atoms with E-state index >= 15 is 0 Å². The summed E-state index contributed by atoms with van der Waals surface area (Å²) in [6, 6.07) is 0. The number of nitrogens with one attached hydrogen (secondary N) is 2. The number of hydrogen-bond acceptors (Lipinski definition) is 3. The second-order valence-corrected chi connectivity index (χ2v) is 5.28. The average Bonchev–Trinajstić information content (AvgIpc) is 2.63. The molecule has 5 heteroatoms. The van der Waals surface area contributed by atoms with Gasteiger partial charge in [0.1, 0.15) is 0 Å². The van der Waals surface area contributed by atoms with E-state index in [0.717, 1.165) is 32.4 Å². The lowest BCUT2D eigenvalue weighted by Crippen LogP contribution is -2.49. The van der Waals surface area contributed by atoms with Gasteiger partial charge in [-0.3, -0.25) is 9.59 Å². The van der Waals surface area contributed by atoms with Gasteiger partial charge in [-0.1, -0.05) is 6.92 Å². The molecular formula is C13H23N3O2. The fourth-order valence-corrected chi connectivity index (χ4v) is 2.93. The molecule has 2 N–H and O–H groups in total. The van der Waals surface area contributed by atoms with Gasteiger partial charge >= 0.3 is 0 Å². The molecule has 0 bridgehead atoms. The summed E-state index contributed by atoms with van der Waals surface area (Å²) in [5.74, 6) is 0.309. The zero-order valence-corrected chi connectivity index (χ0v) is 11.1. The van der Waals surface area contributed by atoms with Crippen molar-refractivity contribution in [2.75, 3.05) is 32.7 Å². The monoisotopic (exact) mass is 253 g/mol. The van der Waals surface area contributed by atoms with Crippen LogP contribution in [-0.2, 0) is 9.59 Å². The number of nitrogens with zero attached hydrogens (tertiary/aromatic N) is 1. The van der Waals surface area contributed by atoms with Gasteiger partial charge in [0.25, 0.3) is 0 Å². The minimum Gasteiger partial charge on any atom is -0.354 e. The SMILES string of the molecule is CCC1(C(=O)N2CCNC(=O)CC2)CCNCC1. The molecule has 2 fully saturated rings. The van der Waals surface area contributed by atoms with E-state index in [9.17, 15) is 9.59 Å². The van der Waals surface area contributed by atoms with Crippen molar-refractivity contribution in [2.45, 2.75) is 32.6 Å². The van der Waals surface area contributed by atoms with E-state index in [1.54, 1.807) is 0 Å². The van der Waals surface area contributed by atoms with Gasteiger partial charge in [0.15, 0.2) is 0 Å². The molecule has 0 aliphatic carbocycles. The summed E-state index contributed by atoms with van der Waals surface area (Å²) >= 11 is 0. The molecule has 2 amide bonds. The Labute approximate surface area is 108 Å². The van der Waals surface area contributed by atoms with Crippen molar-refractivity contribution in [3.8, 4) is 0 Å². The van der Waals surface area contributed by atoms with Crippen molar-refractivity contribution in [1.29, 1.82) is 0 Å². The molecule has 0 saturated carbocycles. The van der Waals surface area contributed by atoms with Crippen molar-refractivity contribution in [1.82, 2.24) is 15.5 Å². The molecule has 0 unspecified atom stereocenters. The van der Waals surface area contributed by atoms with E-state index in [2.05, 4.69) is 17.6 Å². The summed E-state index contributed by atoms with van der Waals surface area (Å²) in [7, 11) is 0. The fraction of sp³-hybridized carbons (Fsp3) is 0.846. The van der Waals surface area contributed by atoms with E-state index in [1.165, 1.54) is 0 Å². The van der Waals surface area contributed by atoms with Gasteiger partial charge in [-0.25, -0.2) is 0 Å². The van der Waals surface area contributed by atoms with Crippen LogP contribution in [0.15, 0.2) is 0 Å². The van der Waals surface area contributed by atoms with Gasteiger partial charge in [-0.15, -0.1) is 0 Å². The zero-order valence-electron chi connectivity index (χ0n) is 11.1. The minimum atomic E-state index is -0.196. The van der Waals surface area contributed by atoms with Crippen LogP contribution in [0.25, 0.3) is 0 Å². The Morgan fingerprint density at radius 2 is 2.00 bits per heavy atom. The predicted molar refractivity (Wildman–Crippen MR) is 69.0 cm³/mol. The molecule has 0 aromatic carbocycles. The van der Waals surface area contributed by atoms with Crippen LogP contribution >= 0.6 is 0 Å². The number of carbonyl (C=O) groups excluding carboxylic acids is 2. The Morgan fingerprint density at radius 3 is 2.67 bits per heavy atom. The number of amides is 2. The lowest BCUT2D eigenvalue weighted by molar-refractivity contribution is -0.144. The Balaban J connectivity index is 2.05. The lowest BCUT2D eigenvalue weighted by Gasteiger charge is -2.39. The second kappa shape index (κ2) is 5.69. The normalized spacial score (nSPS) is 24.3. The molecule has 2 rings (SSSR count). The van der Waals surface area contributed by atoms with Crippen molar-refractivity contribution < 1.29 is 9.59 Å². The molecule has 0 aromatic rings. The first-order chi connectivity index (χ1) is 8.68. The van der Waals surface area contributed by atoms with Crippen LogP contribution in [0.3, 0.4) is 0 Å². The van der Waals surface area contributed by atoms with Crippen LogP contribution in [0.2, 0.25) is 0 Å². The van der Waals surface area contributed by atoms with E-state index in [-0.39, 0.29) is 17.2 Å². The third-order valence-electron chi connectivity index (χ3n) is 4.29. The van der Waals surface area contributed by atoms with E-state index < -0.39 is 0 Å². The predicted octanol–water partition coefficient (Wildman–Crippen LogP) is 0.115. The topological polar surface area (TPSA) is 61.4 Å². The summed E-state index contributed by atoms with van der Waals surface area (Å²) in [6.45, 7) is 5.75. The fourth-order valence-electron chi connectivity index (χ4n) is 2.93. The van der Waals surface area contributed by atoms with E-state index in [4.69, 9.17) is 0 Å². The van der Waals surface area contributed by atoms with Crippen molar-refractivity contribution in [3.05, 3.63) is 0 Å². The van der Waals surface area contributed by atoms with Gasteiger partial charge < -0.3 is 15.5 Å². The van der Waals surface area contributed by atoms with Crippen molar-refractivity contribution in [2.24, 2.45) is 5.41 Å². The third kappa shape index (κ3) is 2.66. The van der Waals surface area contributed by atoms with Crippen LogP contribution in [0.5, 0.6) is 0 Å². The highest BCUT2D eigenvalue weighted by atomic mass is 16.2.